The zero-order valence-electron chi connectivity index (χ0n) is 16.1. The van der Waals surface area contributed by atoms with E-state index in [-0.39, 0.29) is 24.3 Å². The molecule has 1 heterocycles. The number of halogens is 1. The second kappa shape index (κ2) is 8.65. The molecule has 148 valence electrons. The van der Waals surface area contributed by atoms with Crippen molar-refractivity contribution >= 4 is 33.4 Å². The van der Waals surface area contributed by atoms with Crippen LogP contribution in [0.25, 0.3) is 0 Å². The molecule has 28 heavy (non-hydrogen) atoms. The van der Waals surface area contributed by atoms with E-state index in [4.69, 9.17) is 9.47 Å². The van der Waals surface area contributed by atoms with Crippen LogP contribution >= 0.6 is 15.9 Å². The van der Waals surface area contributed by atoms with E-state index in [1.54, 1.807) is 25.2 Å². The first-order chi connectivity index (χ1) is 13.4. The number of rotatable bonds is 6. The number of carbonyl (C=O) groups is 2. The monoisotopic (exact) mass is 446 g/mol. The number of carbonyl (C=O) groups excluding carboxylic acids is 2. The lowest BCUT2D eigenvalue weighted by atomic mass is 10.0. The Hall–Kier alpha value is -2.54. The molecule has 0 aliphatic carbocycles. The van der Waals surface area contributed by atoms with Gasteiger partial charge in [-0.25, -0.2) is 0 Å². The van der Waals surface area contributed by atoms with E-state index in [0.29, 0.717) is 18.0 Å². The average Bonchev–Trinajstić information content (AvgIpc) is 3.09. The lowest BCUT2D eigenvalue weighted by molar-refractivity contribution is -0.126. The molecule has 0 radical (unpaired) electrons. The lowest BCUT2D eigenvalue weighted by Crippen LogP contribution is -2.34. The van der Waals surface area contributed by atoms with Gasteiger partial charge in [0.2, 0.25) is 11.8 Å². The van der Waals surface area contributed by atoms with Crippen LogP contribution in [0.15, 0.2) is 46.9 Å². The van der Waals surface area contributed by atoms with Crippen molar-refractivity contribution in [1.29, 1.82) is 0 Å². The molecule has 2 aromatic carbocycles. The van der Waals surface area contributed by atoms with Crippen molar-refractivity contribution in [2.75, 3.05) is 25.7 Å². The van der Waals surface area contributed by atoms with E-state index < -0.39 is 5.92 Å². The fraction of sp³-hybridized carbons (Fsp3) is 0.333. The van der Waals surface area contributed by atoms with Crippen molar-refractivity contribution in [3.63, 3.8) is 0 Å². The lowest BCUT2D eigenvalue weighted by Gasteiger charge is -2.20. The minimum Gasteiger partial charge on any atom is -0.497 e. The fourth-order valence-electron chi connectivity index (χ4n) is 3.36. The van der Waals surface area contributed by atoms with Crippen LogP contribution < -0.4 is 19.7 Å². The van der Waals surface area contributed by atoms with Crippen LogP contribution in [-0.4, -0.2) is 32.6 Å². The Bertz CT molecular complexity index is 886. The molecule has 0 saturated carbocycles. The van der Waals surface area contributed by atoms with Gasteiger partial charge in [-0.3, -0.25) is 9.59 Å². The van der Waals surface area contributed by atoms with Crippen molar-refractivity contribution in [3.05, 3.63) is 52.5 Å². The Morgan fingerprint density at radius 3 is 2.68 bits per heavy atom. The fourth-order valence-corrected chi connectivity index (χ4v) is 3.75. The Balaban J connectivity index is 1.69. The number of nitrogens with one attached hydrogen (secondary N) is 1. The Kier molecular flexibility index (Phi) is 6.24. The Morgan fingerprint density at radius 1 is 1.21 bits per heavy atom. The molecule has 6 nitrogen and oxygen atoms in total. The molecule has 1 aliphatic heterocycles. The molecule has 2 amide bonds. The number of benzene rings is 2. The number of nitrogens with zero attached hydrogens (tertiary/aromatic N) is 1. The van der Waals surface area contributed by atoms with Gasteiger partial charge in [-0.05, 0) is 37.3 Å². The van der Waals surface area contributed by atoms with E-state index in [0.717, 1.165) is 15.7 Å². The summed E-state index contributed by atoms with van der Waals surface area (Å²) in [5.74, 6) is 0.748. The van der Waals surface area contributed by atoms with E-state index in [2.05, 4.69) is 21.2 Å². The predicted octanol–water partition coefficient (Wildman–Crippen LogP) is 3.70. The molecule has 2 unspecified atom stereocenters. The normalized spacial score (nSPS) is 17.4. The first-order valence-electron chi connectivity index (χ1n) is 9.01. The molecule has 3 rings (SSSR count). The molecule has 0 bridgehead atoms. The Labute approximate surface area is 172 Å². The minimum atomic E-state index is -0.391. The highest BCUT2D eigenvalue weighted by atomic mass is 79.9. The molecule has 1 saturated heterocycles. The second-order valence-corrected chi connectivity index (χ2v) is 7.64. The number of hydrogen-bond acceptors (Lipinski definition) is 4. The van der Waals surface area contributed by atoms with Crippen LogP contribution in [0.2, 0.25) is 0 Å². The van der Waals surface area contributed by atoms with Crippen molar-refractivity contribution in [3.8, 4) is 11.5 Å². The summed E-state index contributed by atoms with van der Waals surface area (Å²) in [5.41, 5.74) is 1.64. The third kappa shape index (κ3) is 4.30. The number of ether oxygens (including phenoxy) is 2. The number of amides is 2. The third-order valence-corrected chi connectivity index (χ3v) is 5.37. The van der Waals surface area contributed by atoms with Crippen LogP contribution in [-0.2, 0) is 9.59 Å². The smallest absolute Gasteiger partial charge is 0.227 e. The Morgan fingerprint density at radius 2 is 2.00 bits per heavy atom. The van der Waals surface area contributed by atoms with Crippen LogP contribution in [0, 0.1) is 5.92 Å². The summed E-state index contributed by atoms with van der Waals surface area (Å²) in [5, 5.41) is 3.01. The molecule has 0 aromatic heterocycles. The number of anilines is 1. The zero-order chi connectivity index (χ0) is 20.3. The zero-order valence-corrected chi connectivity index (χ0v) is 17.7. The van der Waals surface area contributed by atoms with Crippen molar-refractivity contribution in [2.45, 2.75) is 19.4 Å². The van der Waals surface area contributed by atoms with Gasteiger partial charge in [0, 0.05) is 34.8 Å². The summed E-state index contributed by atoms with van der Waals surface area (Å²) in [4.78, 5) is 26.9. The largest absolute Gasteiger partial charge is 0.497 e. The van der Waals surface area contributed by atoms with Gasteiger partial charge in [0.05, 0.1) is 26.2 Å². The summed E-state index contributed by atoms with van der Waals surface area (Å²) >= 11 is 3.42. The van der Waals surface area contributed by atoms with Gasteiger partial charge in [-0.1, -0.05) is 22.0 Å². The quantitative estimate of drug-likeness (QED) is 0.734. The molecule has 1 N–H and O–H groups in total. The van der Waals surface area contributed by atoms with Crippen molar-refractivity contribution in [1.82, 2.24) is 5.32 Å². The summed E-state index contributed by atoms with van der Waals surface area (Å²) in [7, 11) is 3.17. The maximum Gasteiger partial charge on any atom is 0.227 e. The van der Waals surface area contributed by atoms with Crippen LogP contribution in [0.3, 0.4) is 0 Å². The van der Waals surface area contributed by atoms with Gasteiger partial charge in [-0.2, -0.15) is 0 Å². The highest BCUT2D eigenvalue weighted by molar-refractivity contribution is 9.10. The maximum absolute atomic E-state index is 12.8. The molecule has 1 fully saturated rings. The van der Waals surface area contributed by atoms with E-state index in [1.807, 2.05) is 43.3 Å². The maximum atomic E-state index is 12.8. The molecule has 2 aromatic rings. The van der Waals surface area contributed by atoms with Gasteiger partial charge in [0.1, 0.15) is 11.5 Å². The SMILES string of the molecule is COc1ccc(C(C)NC(=O)C2CC(=O)N(c3cccc(Br)c3)C2)c(OC)c1. The number of methoxy groups -OCH3 is 2. The standard InChI is InChI=1S/C21H23BrN2O4/c1-13(18-8-7-17(27-2)11-19(18)28-3)23-21(26)14-9-20(25)24(12-14)16-6-4-5-15(22)10-16/h4-8,10-11,13-14H,9,12H2,1-3H3,(H,23,26). The van der Waals surface area contributed by atoms with Gasteiger partial charge >= 0.3 is 0 Å². The van der Waals surface area contributed by atoms with Crippen molar-refractivity contribution < 1.29 is 19.1 Å². The highest BCUT2D eigenvalue weighted by Gasteiger charge is 2.35. The molecule has 2 atom stereocenters. The molecule has 7 heteroatoms. The number of hydrogen-bond donors (Lipinski definition) is 1. The van der Waals surface area contributed by atoms with Gasteiger partial charge in [0.25, 0.3) is 0 Å². The average molecular weight is 447 g/mol. The topological polar surface area (TPSA) is 67.9 Å². The summed E-state index contributed by atoms with van der Waals surface area (Å²) in [6.07, 6.45) is 0.199. The first-order valence-corrected chi connectivity index (χ1v) is 9.80. The van der Waals surface area contributed by atoms with Gasteiger partial charge in [0.15, 0.2) is 0 Å². The molecular weight excluding hydrogens is 424 g/mol. The van der Waals surface area contributed by atoms with Gasteiger partial charge in [-0.15, -0.1) is 0 Å². The third-order valence-electron chi connectivity index (χ3n) is 4.88. The molecule has 1 aliphatic rings. The first kappa shape index (κ1) is 20.2. The predicted molar refractivity (Wildman–Crippen MR) is 111 cm³/mol. The van der Waals surface area contributed by atoms with Crippen molar-refractivity contribution in [2.24, 2.45) is 5.92 Å². The second-order valence-electron chi connectivity index (χ2n) is 6.72. The van der Waals surface area contributed by atoms with Crippen LogP contribution in [0.1, 0.15) is 24.9 Å². The van der Waals surface area contributed by atoms with E-state index >= 15 is 0 Å². The minimum absolute atomic E-state index is 0.0482. The van der Waals surface area contributed by atoms with Crippen LogP contribution in [0.5, 0.6) is 11.5 Å². The summed E-state index contributed by atoms with van der Waals surface area (Å²) in [6.45, 7) is 2.26. The highest BCUT2D eigenvalue weighted by Crippen LogP contribution is 2.31. The van der Waals surface area contributed by atoms with E-state index in [1.165, 1.54) is 0 Å². The summed E-state index contributed by atoms with van der Waals surface area (Å²) in [6, 6.07) is 12.7. The molecule has 0 spiro atoms. The summed E-state index contributed by atoms with van der Waals surface area (Å²) < 4.78 is 11.5. The van der Waals surface area contributed by atoms with Gasteiger partial charge < -0.3 is 19.7 Å². The van der Waals surface area contributed by atoms with Crippen LogP contribution in [0.4, 0.5) is 5.69 Å². The molecular formula is C21H23BrN2O4. The van der Waals surface area contributed by atoms with E-state index in [9.17, 15) is 9.59 Å².